The van der Waals surface area contributed by atoms with Gasteiger partial charge in [-0.15, -0.1) is 0 Å². The third kappa shape index (κ3) is 2.64. The van der Waals surface area contributed by atoms with Gasteiger partial charge < -0.3 is 5.32 Å². The van der Waals surface area contributed by atoms with E-state index in [1.165, 1.54) is 18.2 Å². The summed E-state index contributed by atoms with van der Waals surface area (Å²) in [5.41, 5.74) is 0.182. The van der Waals surface area contributed by atoms with Crippen LogP contribution in [0.25, 0.3) is 0 Å². The summed E-state index contributed by atoms with van der Waals surface area (Å²) in [6.45, 7) is 6.44. The van der Waals surface area contributed by atoms with Gasteiger partial charge in [-0.25, -0.2) is 8.78 Å². The van der Waals surface area contributed by atoms with Crippen LogP contribution in [0.5, 0.6) is 0 Å². The van der Waals surface area contributed by atoms with Gasteiger partial charge >= 0.3 is 0 Å². The first-order chi connectivity index (χ1) is 8.09. The Morgan fingerprint density at radius 2 is 2.00 bits per heavy atom. The predicted octanol–water partition coefficient (Wildman–Crippen LogP) is 2.32. The number of hydrogen-bond donors (Lipinski definition) is 1. The summed E-state index contributed by atoms with van der Waals surface area (Å²) in [4.78, 5) is 2.11. The van der Waals surface area contributed by atoms with Gasteiger partial charge in [0.1, 0.15) is 11.6 Å². The Bertz CT molecular complexity index is 375. The minimum absolute atomic E-state index is 0.182. The summed E-state index contributed by atoms with van der Waals surface area (Å²) in [6.07, 6.45) is 0. The molecule has 1 aliphatic heterocycles. The zero-order valence-electron chi connectivity index (χ0n) is 10.2. The molecule has 2 atom stereocenters. The van der Waals surface area contributed by atoms with Gasteiger partial charge in [0, 0.05) is 37.3 Å². The summed E-state index contributed by atoms with van der Waals surface area (Å²) in [5, 5.41) is 3.32. The Balaban J connectivity index is 2.21. The third-order valence-electron chi connectivity index (χ3n) is 3.37. The van der Waals surface area contributed by atoms with Gasteiger partial charge in [0.05, 0.1) is 0 Å². The minimum Gasteiger partial charge on any atom is -0.312 e. The van der Waals surface area contributed by atoms with E-state index >= 15 is 0 Å². The van der Waals surface area contributed by atoms with E-state index in [0.29, 0.717) is 6.04 Å². The number of nitrogens with one attached hydrogen (secondary N) is 1. The molecule has 2 rings (SSSR count). The molecule has 0 aromatic heterocycles. The van der Waals surface area contributed by atoms with Crippen molar-refractivity contribution >= 4 is 0 Å². The predicted molar refractivity (Wildman–Crippen MR) is 63.8 cm³/mol. The standard InChI is InChI=1S/C13H18F2N2/c1-9-8-17(7-6-16-9)10(2)13-11(14)4-3-5-12(13)15/h3-5,9-10,16H,6-8H2,1-2H3. The van der Waals surface area contributed by atoms with Crippen LogP contribution in [0.4, 0.5) is 8.78 Å². The largest absolute Gasteiger partial charge is 0.312 e. The van der Waals surface area contributed by atoms with E-state index in [0.717, 1.165) is 19.6 Å². The minimum atomic E-state index is -0.455. The summed E-state index contributed by atoms with van der Waals surface area (Å²) in [7, 11) is 0. The van der Waals surface area contributed by atoms with Crippen LogP contribution in [0.3, 0.4) is 0 Å². The number of benzene rings is 1. The van der Waals surface area contributed by atoms with E-state index < -0.39 is 11.6 Å². The first kappa shape index (κ1) is 12.5. The fourth-order valence-corrected chi connectivity index (χ4v) is 2.41. The molecule has 0 bridgehead atoms. The van der Waals surface area contributed by atoms with Crippen LogP contribution in [-0.2, 0) is 0 Å². The zero-order valence-corrected chi connectivity index (χ0v) is 10.2. The Morgan fingerprint density at radius 3 is 2.59 bits per heavy atom. The number of halogens is 2. The molecule has 2 nitrogen and oxygen atoms in total. The van der Waals surface area contributed by atoms with E-state index in [1.54, 1.807) is 0 Å². The van der Waals surface area contributed by atoms with Gasteiger partial charge in [-0.3, -0.25) is 4.90 Å². The first-order valence-corrected chi connectivity index (χ1v) is 6.01. The van der Waals surface area contributed by atoms with E-state index in [2.05, 4.69) is 17.1 Å². The van der Waals surface area contributed by atoms with Gasteiger partial charge in [-0.2, -0.15) is 0 Å². The number of nitrogens with zero attached hydrogens (tertiary/aromatic N) is 1. The molecule has 0 aliphatic carbocycles. The quantitative estimate of drug-likeness (QED) is 0.853. The lowest BCUT2D eigenvalue weighted by atomic mass is 10.0. The van der Waals surface area contributed by atoms with E-state index in [-0.39, 0.29) is 11.6 Å². The number of rotatable bonds is 2. The molecule has 4 heteroatoms. The van der Waals surface area contributed by atoms with Crippen LogP contribution >= 0.6 is 0 Å². The Morgan fingerprint density at radius 1 is 1.35 bits per heavy atom. The molecular weight excluding hydrogens is 222 g/mol. The molecule has 17 heavy (non-hydrogen) atoms. The van der Waals surface area contributed by atoms with Crippen molar-refractivity contribution in [3.05, 3.63) is 35.4 Å². The average Bonchev–Trinajstić information content (AvgIpc) is 2.28. The highest BCUT2D eigenvalue weighted by Gasteiger charge is 2.25. The van der Waals surface area contributed by atoms with Crippen molar-refractivity contribution in [2.75, 3.05) is 19.6 Å². The summed E-state index contributed by atoms with van der Waals surface area (Å²) in [5.74, 6) is -0.910. The lowest BCUT2D eigenvalue weighted by Gasteiger charge is -2.36. The maximum absolute atomic E-state index is 13.7. The maximum Gasteiger partial charge on any atom is 0.130 e. The maximum atomic E-state index is 13.7. The molecule has 0 radical (unpaired) electrons. The molecule has 2 unspecified atom stereocenters. The van der Waals surface area contributed by atoms with Crippen molar-refractivity contribution in [1.29, 1.82) is 0 Å². The van der Waals surface area contributed by atoms with Gasteiger partial charge in [-0.05, 0) is 26.0 Å². The molecular formula is C13H18F2N2. The SMILES string of the molecule is CC1CN(C(C)c2c(F)cccc2F)CCN1. The van der Waals surface area contributed by atoms with Crippen molar-refractivity contribution in [1.82, 2.24) is 10.2 Å². The second-order valence-electron chi connectivity index (χ2n) is 4.66. The van der Waals surface area contributed by atoms with Crippen molar-refractivity contribution in [3.8, 4) is 0 Å². The smallest absolute Gasteiger partial charge is 0.130 e. The molecule has 1 fully saturated rings. The van der Waals surface area contributed by atoms with E-state index in [9.17, 15) is 8.78 Å². The van der Waals surface area contributed by atoms with Crippen molar-refractivity contribution < 1.29 is 8.78 Å². The second-order valence-corrected chi connectivity index (χ2v) is 4.66. The van der Waals surface area contributed by atoms with Gasteiger partial charge in [0.25, 0.3) is 0 Å². The molecule has 0 amide bonds. The summed E-state index contributed by atoms with van der Waals surface area (Å²) >= 11 is 0. The van der Waals surface area contributed by atoms with Crippen molar-refractivity contribution in [2.45, 2.75) is 25.9 Å². The van der Waals surface area contributed by atoms with E-state index in [4.69, 9.17) is 0 Å². The highest BCUT2D eigenvalue weighted by atomic mass is 19.1. The Kier molecular flexibility index (Phi) is 3.74. The Hall–Kier alpha value is -1.00. The second kappa shape index (κ2) is 5.10. The number of hydrogen-bond acceptors (Lipinski definition) is 2. The van der Waals surface area contributed by atoms with Crippen molar-refractivity contribution in [3.63, 3.8) is 0 Å². The van der Waals surface area contributed by atoms with Crippen LogP contribution in [-0.4, -0.2) is 30.6 Å². The highest BCUT2D eigenvalue weighted by Crippen LogP contribution is 2.26. The lowest BCUT2D eigenvalue weighted by molar-refractivity contribution is 0.153. The first-order valence-electron chi connectivity index (χ1n) is 6.01. The van der Waals surface area contributed by atoms with Gasteiger partial charge in [-0.1, -0.05) is 6.07 Å². The monoisotopic (exact) mass is 240 g/mol. The zero-order chi connectivity index (χ0) is 12.4. The van der Waals surface area contributed by atoms with Crippen LogP contribution in [0.1, 0.15) is 25.5 Å². The molecule has 1 N–H and O–H groups in total. The molecule has 1 heterocycles. The molecule has 0 saturated carbocycles. The topological polar surface area (TPSA) is 15.3 Å². The lowest BCUT2D eigenvalue weighted by Crippen LogP contribution is -2.50. The fraction of sp³-hybridized carbons (Fsp3) is 0.538. The normalized spacial score (nSPS) is 23.6. The van der Waals surface area contributed by atoms with Crippen LogP contribution in [0, 0.1) is 11.6 Å². The van der Waals surface area contributed by atoms with E-state index in [1.807, 2.05) is 6.92 Å². The number of piperazine rings is 1. The Labute approximate surface area is 101 Å². The third-order valence-corrected chi connectivity index (χ3v) is 3.37. The van der Waals surface area contributed by atoms with Gasteiger partial charge in [0.15, 0.2) is 0 Å². The van der Waals surface area contributed by atoms with Crippen LogP contribution in [0.15, 0.2) is 18.2 Å². The summed E-state index contributed by atoms with van der Waals surface area (Å²) < 4.78 is 27.3. The highest BCUT2D eigenvalue weighted by molar-refractivity contribution is 5.23. The molecule has 1 aromatic carbocycles. The average molecular weight is 240 g/mol. The van der Waals surface area contributed by atoms with Crippen molar-refractivity contribution in [2.24, 2.45) is 0 Å². The summed E-state index contributed by atoms with van der Waals surface area (Å²) in [6, 6.07) is 4.18. The molecule has 1 saturated heterocycles. The molecule has 94 valence electrons. The molecule has 0 spiro atoms. The van der Waals surface area contributed by atoms with Gasteiger partial charge in [0.2, 0.25) is 0 Å². The molecule has 1 aromatic rings. The van der Waals surface area contributed by atoms with Crippen LogP contribution < -0.4 is 5.32 Å². The fourth-order valence-electron chi connectivity index (χ4n) is 2.41. The van der Waals surface area contributed by atoms with Crippen LogP contribution in [0.2, 0.25) is 0 Å². The molecule has 1 aliphatic rings.